The van der Waals surface area contributed by atoms with E-state index in [0.29, 0.717) is 5.56 Å². The molecule has 0 fully saturated rings. The molecule has 0 amide bonds. The molecule has 0 bridgehead atoms. The summed E-state index contributed by atoms with van der Waals surface area (Å²) >= 11 is 0. The Morgan fingerprint density at radius 2 is 1.63 bits per heavy atom. The quantitative estimate of drug-likeness (QED) is 0.336. The van der Waals surface area contributed by atoms with E-state index in [9.17, 15) is 0 Å². The van der Waals surface area contributed by atoms with Gasteiger partial charge in [0, 0.05) is 0 Å². The number of nitrogen functional groups attached to an aromatic ring is 1. The van der Waals surface area contributed by atoms with Gasteiger partial charge in [-0.05, 0) is 61.4 Å². The first-order chi connectivity index (χ1) is 9.10. The van der Waals surface area contributed by atoms with Crippen LogP contribution in [0.3, 0.4) is 0 Å². The van der Waals surface area contributed by atoms with Crippen LogP contribution >= 0.6 is 0 Å². The fourth-order valence-corrected chi connectivity index (χ4v) is 1.68. The van der Waals surface area contributed by atoms with E-state index in [0.717, 1.165) is 11.5 Å². The van der Waals surface area contributed by atoms with Gasteiger partial charge in [0.25, 0.3) is 0 Å². The summed E-state index contributed by atoms with van der Waals surface area (Å²) in [6.07, 6.45) is 0. The van der Waals surface area contributed by atoms with Crippen molar-refractivity contribution in [1.82, 2.24) is 0 Å². The molecule has 0 heterocycles. The van der Waals surface area contributed by atoms with Gasteiger partial charge in [0.2, 0.25) is 0 Å². The Bertz CT molecular complexity index is 604. The van der Waals surface area contributed by atoms with Crippen molar-refractivity contribution in [3.05, 3.63) is 59.2 Å². The van der Waals surface area contributed by atoms with Gasteiger partial charge in [0.15, 0.2) is 0 Å². The Labute approximate surface area is 112 Å². The van der Waals surface area contributed by atoms with Crippen molar-refractivity contribution in [2.45, 2.75) is 13.8 Å². The fraction of sp³-hybridized carbons (Fsp3) is 0.133. The molecule has 4 N–H and O–H groups in total. The van der Waals surface area contributed by atoms with Gasteiger partial charge in [-0.15, -0.1) is 0 Å². The molecule has 0 aromatic heterocycles. The Kier molecular flexibility index (Phi) is 3.71. The zero-order valence-electron chi connectivity index (χ0n) is 11.0. The Morgan fingerprint density at radius 1 is 1.00 bits per heavy atom. The molecule has 2 aromatic carbocycles. The lowest BCUT2D eigenvalue weighted by Crippen LogP contribution is -2.71. The topological polar surface area (TPSA) is 69.5 Å². The van der Waals surface area contributed by atoms with Gasteiger partial charge < -0.3 is 9.94 Å². The van der Waals surface area contributed by atoms with Crippen LogP contribution in [0.25, 0.3) is 0 Å². The van der Waals surface area contributed by atoms with Gasteiger partial charge in [0.05, 0.1) is 5.56 Å². The lowest BCUT2D eigenvalue weighted by atomic mass is 10.1. The van der Waals surface area contributed by atoms with Crippen molar-refractivity contribution in [2.75, 3.05) is 0 Å². The molecule has 0 saturated heterocycles. The van der Waals surface area contributed by atoms with E-state index < -0.39 is 0 Å². The van der Waals surface area contributed by atoms with Crippen molar-refractivity contribution >= 4 is 5.84 Å². The molecule has 0 saturated carbocycles. The van der Waals surface area contributed by atoms with Crippen LogP contribution in [0.15, 0.2) is 42.5 Å². The number of rotatable bonds is 3. The van der Waals surface area contributed by atoms with Crippen LogP contribution in [0.4, 0.5) is 0 Å². The zero-order chi connectivity index (χ0) is 13.8. The van der Waals surface area contributed by atoms with Crippen molar-refractivity contribution in [3.8, 4) is 11.5 Å². The maximum absolute atomic E-state index is 8.71. The number of hydrogen-bond donors (Lipinski definition) is 3. The molecule has 0 aliphatic heterocycles. The maximum atomic E-state index is 8.71. The van der Waals surface area contributed by atoms with Crippen molar-refractivity contribution in [1.29, 1.82) is 0 Å². The van der Waals surface area contributed by atoms with Crippen LogP contribution in [-0.2, 0) is 0 Å². The average Bonchev–Trinajstić information content (AvgIpc) is 2.43. The largest absolute Gasteiger partial charge is 0.457 e. The highest BCUT2D eigenvalue weighted by Gasteiger charge is 2.05. The normalized spacial score (nSPS) is 11.4. The van der Waals surface area contributed by atoms with Crippen LogP contribution in [0.1, 0.15) is 16.7 Å². The van der Waals surface area contributed by atoms with Crippen LogP contribution in [-0.4, -0.2) is 11.0 Å². The lowest BCUT2D eigenvalue weighted by molar-refractivity contribution is -0.737. The first-order valence-corrected chi connectivity index (χ1v) is 5.98. The molecule has 0 radical (unpaired) electrons. The number of nitrogens with two attached hydrogens (primary N) is 1. The second-order valence-electron chi connectivity index (χ2n) is 4.40. The van der Waals surface area contributed by atoms with Crippen LogP contribution < -0.4 is 15.6 Å². The summed E-state index contributed by atoms with van der Waals surface area (Å²) in [6, 6.07) is 13.1. The molecule has 0 aliphatic rings. The van der Waals surface area contributed by atoms with Crippen molar-refractivity contribution in [3.63, 3.8) is 0 Å². The minimum Gasteiger partial charge on any atom is -0.457 e. The van der Waals surface area contributed by atoms with Gasteiger partial charge in [0.1, 0.15) is 11.5 Å². The summed E-state index contributed by atoms with van der Waals surface area (Å²) in [7, 11) is 0. The molecule has 2 aromatic rings. The molecular formula is C15H17N2O2+. The second kappa shape index (κ2) is 5.44. The van der Waals surface area contributed by atoms with E-state index in [2.05, 4.69) is 6.92 Å². The highest BCUT2D eigenvalue weighted by Crippen LogP contribution is 2.23. The standard InChI is InChI=1S/C15H16N2O2/c1-10-3-6-14(9-11(10)2)19-13-7-4-12(5-8-13)15(16)17-18/h3-9,18H,1-2H3,(H2,16,17)/p+1. The predicted octanol–water partition coefficient (Wildman–Crippen LogP) is 1.27. The van der Waals surface area contributed by atoms with E-state index in [-0.39, 0.29) is 5.84 Å². The first-order valence-electron chi connectivity index (χ1n) is 5.98. The molecule has 98 valence electrons. The van der Waals surface area contributed by atoms with Gasteiger partial charge in [-0.1, -0.05) is 11.2 Å². The maximum Gasteiger partial charge on any atom is 0.311 e. The van der Waals surface area contributed by atoms with E-state index in [4.69, 9.17) is 15.7 Å². The predicted molar refractivity (Wildman–Crippen MR) is 73.5 cm³/mol. The molecule has 19 heavy (non-hydrogen) atoms. The third-order valence-electron chi connectivity index (χ3n) is 3.00. The number of nitrogens with one attached hydrogen (secondary N) is 1. The summed E-state index contributed by atoms with van der Waals surface area (Å²) in [5.41, 5.74) is 8.68. The third kappa shape index (κ3) is 3.04. The molecule has 0 aliphatic carbocycles. The third-order valence-corrected chi connectivity index (χ3v) is 3.00. The number of ether oxygens (including phenoxy) is 1. The highest BCUT2D eigenvalue weighted by molar-refractivity contribution is 5.92. The zero-order valence-corrected chi connectivity index (χ0v) is 11.0. The number of hydrogen-bond acceptors (Lipinski definition) is 2. The summed E-state index contributed by atoms with van der Waals surface area (Å²) < 4.78 is 5.75. The molecule has 2 rings (SSSR count). The van der Waals surface area contributed by atoms with Crippen LogP contribution in [0.5, 0.6) is 11.5 Å². The SMILES string of the molecule is Cc1ccc(Oc2ccc(C(N)=[NH+]O)cc2)cc1C. The number of amidine groups is 1. The minimum atomic E-state index is 0.206. The lowest BCUT2D eigenvalue weighted by Gasteiger charge is -2.08. The summed E-state index contributed by atoms with van der Waals surface area (Å²) in [4.78, 5) is 0. The summed E-state index contributed by atoms with van der Waals surface area (Å²) in [6.45, 7) is 4.11. The molecule has 4 heteroatoms. The van der Waals surface area contributed by atoms with Crippen LogP contribution in [0, 0.1) is 13.8 Å². The minimum absolute atomic E-state index is 0.206. The van der Waals surface area contributed by atoms with Gasteiger partial charge >= 0.3 is 5.84 Å². The summed E-state index contributed by atoms with van der Waals surface area (Å²) in [5, 5.41) is 10.6. The molecule has 0 spiro atoms. The smallest absolute Gasteiger partial charge is 0.311 e. The van der Waals surface area contributed by atoms with Crippen LogP contribution in [0.2, 0.25) is 0 Å². The molecular weight excluding hydrogens is 240 g/mol. The van der Waals surface area contributed by atoms with Crippen molar-refractivity contribution < 1.29 is 15.1 Å². The fourth-order valence-electron chi connectivity index (χ4n) is 1.68. The van der Waals surface area contributed by atoms with Gasteiger partial charge in [-0.25, -0.2) is 0 Å². The second-order valence-corrected chi connectivity index (χ2v) is 4.40. The Balaban J connectivity index is 2.17. The van der Waals surface area contributed by atoms with Gasteiger partial charge in [-0.3, -0.25) is 5.73 Å². The first kappa shape index (κ1) is 13.0. The Hall–Kier alpha value is -2.49. The number of benzene rings is 2. The van der Waals surface area contributed by atoms with E-state index in [1.165, 1.54) is 11.1 Å². The Morgan fingerprint density at radius 3 is 2.21 bits per heavy atom. The number of aryl methyl sites for hydroxylation is 2. The monoisotopic (exact) mass is 257 g/mol. The average molecular weight is 257 g/mol. The molecule has 0 atom stereocenters. The van der Waals surface area contributed by atoms with E-state index >= 15 is 0 Å². The van der Waals surface area contributed by atoms with E-state index in [1.807, 2.05) is 30.3 Å². The van der Waals surface area contributed by atoms with E-state index in [1.54, 1.807) is 24.3 Å². The van der Waals surface area contributed by atoms with Gasteiger partial charge in [-0.2, -0.15) is 0 Å². The molecule has 0 unspecified atom stereocenters. The highest BCUT2D eigenvalue weighted by atomic mass is 16.5. The summed E-state index contributed by atoms with van der Waals surface area (Å²) in [5.74, 6) is 1.73. The van der Waals surface area contributed by atoms with Crippen molar-refractivity contribution in [2.24, 2.45) is 5.73 Å². The molecule has 4 nitrogen and oxygen atoms in total.